The lowest BCUT2D eigenvalue weighted by molar-refractivity contribution is 0.412. The van der Waals surface area contributed by atoms with Crippen molar-refractivity contribution >= 4 is 0 Å². The molecule has 82 valence electrons. The van der Waals surface area contributed by atoms with Crippen LogP contribution in [0.1, 0.15) is 5.56 Å². The summed E-state index contributed by atoms with van der Waals surface area (Å²) in [5.74, 6) is 0.653. The summed E-state index contributed by atoms with van der Waals surface area (Å²) < 4.78 is 18.0. The number of methoxy groups -OCH3 is 1. The van der Waals surface area contributed by atoms with Crippen LogP contribution in [0, 0.1) is 12.7 Å². The predicted molar refractivity (Wildman–Crippen MR) is 63.1 cm³/mol. The number of benzene rings is 2. The van der Waals surface area contributed by atoms with Gasteiger partial charge < -0.3 is 4.74 Å². The molecule has 0 aliphatic heterocycles. The van der Waals surface area contributed by atoms with E-state index < -0.39 is 0 Å². The van der Waals surface area contributed by atoms with Crippen LogP contribution in [0.15, 0.2) is 42.5 Å². The van der Waals surface area contributed by atoms with E-state index in [4.69, 9.17) is 4.74 Å². The van der Waals surface area contributed by atoms with E-state index >= 15 is 0 Å². The van der Waals surface area contributed by atoms with Crippen molar-refractivity contribution in [1.82, 2.24) is 0 Å². The van der Waals surface area contributed by atoms with Crippen LogP contribution in [-0.2, 0) is 0 Å². The van der Waals surface area contributed by atoms with Gasteiger partial charge >= 0.3 is 0 Å². The number of ether oxygens (including phenoxy) is 1. The molecule has 2 heteroatoms. The lowest BCUT2D eigenvalue weighted by Crippen LogP contribution is -1.87. The fourth-order valence-electron chi connectivity index (χ4n) is 1.70. The fraction of sp³-hybridized carbons (Fsp3) is 0.143. The van der Waals surface area contributed by atoms with Gasteiger partial charge in [-0.15, -0.1) is 0 Å². The van der Waals surface area contributed by atoms with Gasteiger partial charge in [0.1, 0.15) is 11.6 Å². The first kappa shape index (κ1) is 10.7. The summed E-state index contributed by atoms with van der Waals surface area (Å²) in [7, 11) is 1.65. The number of halogens is 1. The van der Waals surface area contributed by atoms with E-state index in [2.05, 4.69) is 0 Å². The molecule has 0 N–H and O–H groups in total. The maximum Gasteiger partial charge on any atom is 0.123 e. The van der Waals surface area contributed by atoms with E-state index in [0.29, 0.717) is 0 Å². The lowest BCUT2D eigenvalue weighted by Gasteiger charge is -2.07. The molecule has 0 spiro atoms. The van der Waals surface area contributed by atoms with E-state index in [1.807, 2.05) is 25.1 Å². The Bertz CT molecular complexity index is 489. The third-order valence-corrected chi connectivity index (χ3v) is 2.57. The molecule has 2 rings (SSSR count). The van der Waals surface area contributed by atoms with E-state index in [0.717, 1.165) is 22.4 Å². The van der Waals surface area contributed by atoms with Crippen LogP contribution in [-0.4, -0.2) is 7.11 Å². The van der Waals surface area contributed by atoms with Crippen molar-refractivity contribution in [1.29, 1.82) is 0 Å². The third-order valence-electron chi connectivity index (χ3n) is 2.57. The van der Waals surface area contributed by atoms with E-state index in [-0.39, 0.29) is 5.82 Å². The molecule has 0 fully saturated rings. The standard InChI is InChI=1S/C14H13FO/c1-10-9-12(5-8-14(10)16-2)11-3-6-13(15)7-4-11/h3-9H,1-2H3. The van der Waals surface area contributed by atoms with Crippen LogP contribution >= 0.6 is 0 Å². The topological polar surface area (TPSA) is 9.23 Å². The summed E-state index contributed by atoms with van der Waals surface area (Å²) in [6.07, 6.45) is 0. The van der Waals surface area contributed by atoms with Gasteiger partial charge in [0.05, 0.1) is 7.11 Å². The van der Waals surface area contributed by atoms with Crippen LogP contribution in [0.3, 0.4) is 0 Å². The van der Waals surface area contributed by atoms with Gasteiger partial charge in [-0.3, -0.25) is 0 Å². The molecule has 0 atom stereocenters. The Labute approximate surface area is 94.5 Å². The summed E-state index contributed by atoms with van der Waals surface area (Å²) >= 11 is 0. The van der Waals surface area contributed by atoms with Gasteiger partial charge in [0.25, 0.3) is 0 Å². The highest BCUT2D eigenvalue weighted by Gasteiger charge is 2.02. The van der Waals surface area contributed by atoms with Crippen molar-refractivity contribution in [3.8, 4) is 16.9 Å². The molecule has 0 aromatic heterocycles. The molecule has 0 aliphatic carbocycles. The van der Waals surface area contributed by atoms with Crippen molar-refractivity contribution in [3.05, 3.63) is 53.8 Å². The second-order valence-electron chi connectivity index (χ2n) is 3.69. The number of aryl methyl sites for hydroxylation is 1. The van der Waals surface area contributed by atoms with Crippen molar-refractivity contribution in [3.63, 3.8) is 0 Å². The summed E-state index contributed by atoms with van der Waals surface area (Å²) in [4.78, 5) is 0. The van der Waals surface area contributed by atoms with E-state index in [9.17, 15) is 4.39 Å². The van der Waals surface area contributed by atoms with Gasteiger partial charge in [0.2, 0.25) is 0 Å². The zero-order valence-corrected chi connectivity index (χ0v) is 9.33. The molecule has 0 radical (unpaired) electrons. The highest BCUT2D eigenvalue weighted by molar-refractivity contribution is 5.65. The second-order valence-corrected chi connectivity index (χ2v) is 3.69. The first-order chi connectivity index (χ1) is 7.70. The Hall–Kier alpha value is -1.83. The van der Waals surface area contributed by atoms with E-state index in [1.54, 1.807) is 19.2 Å². The van der Waals surface area contributed by atoms with E-state index in [1.165, 1.54) is 12.1 Å². The normalized spacial score (nSPS) is 10.2. The average molecular weight is 216 g/mol. The lowest BCUT2D eigenvalue weighted by atomic mass is 10.0. The number of rotatable bonds is 2. The van der Waals surface area contributed by atoms with Crippen molar-refractivity contribution in [2.24, 2.45) is 0 Å². The third kappa shape index (κ3) is 2.06. The van der Waals surface area contributed by atoms with Crippen LogP contribution < -0.4 is 4.74 Å². The molecule has 0 saturated carbocycles. The molecule has 2 aromatic rings. The molecule has 0 saturated heterocycles. The quantitative estimate of drug-likeness (QED) is 0.741. The van der Waals surface area contributed by atoms with Gasteiger partial charge in [-0.2, -0.15) is 0 Å². The Morgan fingerprint density at radius 3 is 2.12 bits per heavy atom. The first-order valence-corrected chi connectivity index (χ1v) is 5.11. The van der Waals surface area contributed by atoms with Crippen LogP contribution in [0.25, 0.3) is 11.1 Å². The highest BCUT2D eigenvalue weighted by atomic mass is 19.1. The molecule has 0 amide bonds. The summed E-state index contributed by atoms with van der Waals surface area (Å²) in [5, 5.41) is 0. The molecule has 0 bridgehead atoms. The Morgan fingerprint density at radius 1 is 0.938 bits per heavy atom. The largest absolute Gasteiger partial charge is 0.496 e. The zero-order valence-electron chi connectivity index (χ0n) is 9.33. The van der Waals surface area contributed by atoms with Crippen molar-refractivity contribution < 1.29 is 9.13 Å². The number of hydrogen-bond acceptors (Lipinski definition) is 1. The van der Waals surface area contributed by atoms with Gasteiger partial charge in [0, 0.05) is 0 Å². The average Bonchev–Trinajstić information content (AvgIpc) is 2.30. The van der Waals surface area contributed by atoms with Crippen molar-refractivity contribution in [2.75, 3.05) is 7.11 Å². The highest BCUT2D eigenvalue weighted by Crippen LogP contribution is 2.25. The molecule has 0 heterocycles. The van der Waals surface area contributed by atoms with Gasteiger partial charge in [-0.1, -0.05) is 18.2 Å². The minimum absolute atomic E-state index is 0.214. The minimum atomic E-state index is -0.214. The van der Waals surface area contributed by atoms with Crippen LogP contribution in [0.5, 0.6) is 5.75 Å². The maximum atomic E-state index is 12.8. The molecular weight excluding hydrogens is 203 g/mol. The summed E-state index contributed by atoms with van der Waals surface area (Å²) in [6.45, 7) is 1.99. The summed E-state index contributed by atoms with van der Waals surface area (Å²) in [5.41, 5.74) is 3.15. The zero-order chi connectivity index (χ0) is 11.5. The second kappa shape index (κ2) is 4.35. The predicted octanol–water partition coefficient (Wildman–Crippen LogP) is 3.81. The first-order valence-electron chi connectivity index (χ1n) is 5.11. The van der Waals surface area contributed by atoms with Crippen molar-refractivity contribution in [2.45, 2.75) is 6.92 Å². The summed E-state index contributed by atoms with van der Waals surface area (Å²) in [6, 6.07) is 12.4. The van der Waals surface area contributed by atoms with Crippen LogP contribution in [0.2, 0.25) is 0 Å². The molecule has 1 nitrogen and oxygen atoms in total. The molecule has 16 heavy (non-hydrogen) atoms. The van der Waals surface area contributed by atoms with Gasteiger partial charge in [-0.25, -0.2) is 4.39 Å². The molecule has 0 unspecified atom stereocenters. The SMILES string of the molecule is COc1ccc(-c2ccc(F)cc2)cc1C. The van der Waals surface area contributed by atoms with Crippen LogP contribution in [0.4, 0.5) is 4.39 Å². The molecular formula is C14H13FO. The Balaban J connectivity index is 2.41. The monoisotopic (exact) mass is 216 g/mol. The fourth-order valence-corrected chi connectivity index (χ4v) is 1.70. The van der Waals surface area contributed by atoms with Gasteiger partial charge in [-0.05, 0) is 47.9 Å². The smallest absolute Gasteiger partial charge is 0.123 e. The Kier molecular flexibility index (Phi) is 2.91. The van der Waals surface area contributed by atoms with Gasteiger partial charge in [0.15, 0.2) is 0 Å². The number of hydrogen-bond donors (Lipinski definition) is 0. The molecule has 0 aliphatic rings. The Morgan fingerprint density at radius 2 is 1.56 bits per heavy atom. The molecule has 2 aromatic carbocycles. The minimum Gasteiger partial charge on any atom is -0.496 e. The maximum absolute atomic E-state index is 12.8.